The van der Waals surface area contributed by atoms with Crippen molar-refractivity contribution < 1.29 is 9.90 Å². The van der Waals surface area contributed by atoms with Crippen molar-refractivity contribution in [2.24, 2.45) is 13.0 Å². The summed E-state index contributed by atoms with van der Waals surface area (Å²) in [6.45, 7) is 4.13. The molecule has 6 nitrogen and oxygen atoms in total. The number of aromatic nitrogens is 4. The van der Waals surface area contributed by atoms with Crippen LogP contribution in [0, 0.1) is 12.8 Å². The van der Waals surface area contributed by atoms with E-state index in [0.29, 0.717) is 6.04 Å². The van der Waals surface area contributed by atoms with Crippen molar-refractivity contribution in [3.8, 4) is 0 Å². The normalized spacial score (nSPS) is 16.5. The van der Waals surface area contributed by atoms with Gasteiger partial charge in [-0.25, -0.2) is 4.98 Å². The predicted molar refractivity (Wildman–Crippen MR) is 81.6 cm³/mol. The molecule has 1 fully saturated rings. The average molecular weight is 308 g/mol. The summed E-state index contributed by atoms with van der Waals surface area (Å²) in [5, 5.41) is 14.1. The van der Waals surface area contributed by atoms with E-state index in [1.807, 2.05) is 18.7 Å². The largest absolute Gasteiger partial charge is 0.481 e. The standard InChI is InChI=1S/C14H20N4O2S/c1-8(6-10-4-5-10)18-13-12(9(2)16-17(13)3)15-14(18)21-7-11(19)20/h8,10H,4-7H2,1-3H3,(H,19,20). The van der Waals surface area contributed by atoms with Crippen LogP contribution in [-0.2, 0) is 11.8 Å². The highest BCUT2D eigenvalue weighted by Crippen LogP contribution is 2.39. The van der Waals surface area contributed by atoms with Gasteiger partial charge in [-0.05, 0) is 26.2 Å². The van der Waals surface area contributed by atoms with E-state index in [1.165, 1.54) is 24.6 Å². The van der Waals surface area contributed by atoms with E-state index in [2.05, 4.69) is 21.6 Å². The van der Waals surface area contributed by atoms with Crippen molar-refractivity contribution in [3.05, 3.63) is 5.69 Å². The Labute approximate surface area is 127 Å². The summed E-state index contributed by atoms with van der Waals surface area (Å²) in [6, 6.07) is 0.314. The fraction of sp³-hybridized carbons (Fsp3) is 0.643. The Hall–Kier alpha value is -1.50. The minimum absolute atomic E-state index is 0.0337. The Morgan fingerprint density at radius 1 is 1.52 bits per heavy atom. The number of nitrogens with zero attached hydrogens (tertiary/aromatic N) is 4. The van der Waals surface area contributed by atoms with Crippen molar-refractivity contribution in [2.45, 2.75) is 44.3 Å². The Bertz CT molecular complexity index is 687. The first-order valence-electron chi connectivity index (χ1n) is 7.23. The van der Waals surface area contributed by atoms with Gasteiger partial charge in [-0.1, -0.05) is 24.6 Å². The summed E-state index contributed by atoms with van der Waals surface area (Å²) in [6.07, 6.45) is 3.74. The van der Waals surface area contributed by atoms with Gasteiger partial charge in [-0.3, -0.25) is 9.48 Å². The molecule has 0 spiro atoms. The first-order valence-corrected chi connectivity index (χ1v) is 8.22. The fourth-order valence-corrected chi connectivity index (χ4v) is 3.66. The van der Waals surface area contributed by atoms with E-state index in [1.54, 1.807) is 0 Å². The van der Waals surface area contributed by atoms with E-state index < -0.39 is 5.97 Å². The summed E-state index contributed by atoms with van der Waals surface area (Å²) >= 11 is 1.29. The minimum atomic E-state index is -0.816. The number of imidazole rings is 1. The number of fused-ring (bicyclic) bond motifs is 1. The maximum atomic E-state index is 10.9. The van der Waals surface area contributed by atoms with Gasteiger partial charge in [0, 0.05) is 13.1 Å². The third kappa shape index (κ3) is 2.79. The number of carboxylic acids is 1. The smallest absolute Gasteiger partial charge is 0.313 e. The van der Waals surface area contributed by atoms with Crippen LogP contribution in [0.15, 0.2) is 5.16 Å². The Balaban J connectivity index is 2.02. The summed E-state index contributed by atoms with van der Waals surface area (Å²) in [5.74, 6) is 0.0266. The second kappa shape index (κ2) is 5.36. The molecule has 0 saturated heterocycles. The molecule has 1 unspecified atom stereocenters. The Kier molecular flexibility index (Phi) is 3.69. The third-order valence-electron chi connectivity index (χ3n) is 3.94. The van der Waals surface area contributed by atoms with Crippen LogP contribution in [0.4, 0.5) is 0 Å². The summed E-state index contributed by atoms with van der Waals surface area (Å²) < 4.78 is 4.02. The SMILES string of the molecule is Cc1nn(C)c2c1nc(SCC(=O)O)n2C(C)CC1CC1. The number of rotatable bonds is 6. The molecule has 2 heterocycles. The van der Waals surface area contributed by atoms with Crippen LogP contribution in [0.25, 0.3) is 11.2 Å². The molecular weight excluding hydrogens is 288 g/mol. The molecule has 21 heavy (non-hydrogen) atoms. The lowest BCUT2D eigenvalue weighted by Gasteiger charge is -2.17. The number of carbonyl (C=O) groups is 1. The average Bonchev–Trinajstić information content (AvgIpc) is 3.05. The zero-order valence-corrected chi connectivity index (χ0v) is 13.4. The molecule has 0 bridgehead atoms. The number of carboxylic acid groups (broad SMARTS) is 1. The monoisotopic (exact) mass is 308 g/mol. The molecule has 0 aliphatic heterocycles. The molecule has 3 rings (SSSR count). The zero-order chi connectivity index (χ0) is 15.1. The number of aryl methyl sites for hydroxylation is 2. The highest BCUT2D eigenvalue weighted by atomic mass is 32.2. The first kappa shape index (κ1) is 14.4. The lowest BCUT2D eigenvalue weighted by molar-refractivity contribution is -0.133. The van der Waals surface area contributed by atoms with Gasteiger partial charge in [0.1, 0.15) is 5.52 Å². The number of aliphatic carboxylic acids is 1. The third-order valence-corrected chi connectivity index (χ3v) is 4.88. The minimum Gasteiger partial charge on any atom is -0.481 e. The van der Waals surface area contributed by atoms with Gasteiger partial charge < -0.3 is 9.67 Å². The molecule has 2 aromatic heterocycles. The van der Waals surface area contributed by atoms with E-state index in [9.17, 15) is 4.79 Å². The van der Waals surface area contributed by atoms with Crippen molar-refractivity contribution in [2.75, 3.05) is 5.75 Å². The first-order chi connectivity index (χ1) is 9.97. The van der Waals surface area contributed by atoms with Crippen molar-refractivity contribution >= 4 is 28.9 Å². The summed E-state index contributed by atoms with van der Waals surface area (Å²) in [5.41, 5.74) is 2.77. The topological polar surface area (TPSA) is 72.9 Å². The maximum Gasteiger partial charge on any atom is 0.313 e. The quantitative estimate of drug-likeness (QED) is 0.830. The highest BCUT2D eigenvalue weighted by Gasteiger charge is 2.28. The molecule has 1 saturated carbocycles. The molecule has 1 aliphatic rings. The number of thioether (sulfide) groups is 1. The second-order valence-corrected chi connectivity index (χ2v) is 6.80. The van der Waals surface area contributed by atoms with E-state index in [4.69, 9.17) is 5.11 Å². The molecule has 0 amide bonds. The van der Waals surface area contributed by atoms with E-state index in [-0.39, 0.29) is 5.75 Å². The van der Waals surface area contributed by atoms with Gasteiger partial charge >= 0.3 is 5.97 Å². The number of hydrogen-bond acceptors (Lipinski definition) is 4. The van der Waals surface area contributed by atoms with Gasteiger partial charge in [0.2, 0.25) is 0 Å². The fourth-order valence-electron chi connectivity index (χ4n) is 2.84. The van der Waals surface area contributed by atoms with Gasteiger partial charge in [0.05, 0.1) is 11.4 Å². The molecule has 0 radical (unpaired) electrons. The van der Waals surface area contributed by atoms with Crippen LogP contribution < -0.4 is 0 Å². The molecule has 2 aromatic rings. The Morgan fingerprint density at radius 2 is 2.24 bits per heavy atom. The number of hydrogen-bond donors (Lipinski definition) is 1. The van der Waals surface area contributed by atoms with Crippen LogP contribution in [-0.4, -0.2) is 36.2 Å². The van der Waals surface area contributed by atoms with E-state index >= 15 is 0 Å². The van der Waals surface area contributed by atoms with Crippen LogP contribution in [0.2, 0.25) is 0 Å². The maximum absolute atomic E-state index is 10.9. The van der Waals surface area contributed by atoms with Crippen molar-refractivity contribution in [1.82, 2.24) is 19.3 Å². The lowest BCUT2D eigenvalue weighted by Crippen LogP contribution is -2.11. The van der Waals surface area contributed by atoms with Crippen molar-refractivity contribution in [1.29, 1.82) is 0 Å². The van der Waals surface area contributed by atoms with E-state index in [0.717, 1.165) is 34.4 Å². The lowest BCUT2D eigenvalue weighted by atomic mass is 10.1. The second-order valence-electron chi connectivity index (χ2n) is 5.86. The summed E-state index contributed by atoms with van der Waals surface area (Å²) in [7, 11) is 1.92. The molecule has 114 valence electrons. The molecular formula is C14H20N4O2S. The van der Waals surface area contributed by atoms with Gasteiger partial charge in [0.25, 0.3) is 0 Å². The summed E-state index contributed by atoms with van der Waals surface area (Å²) in [4.78, 5) is 15.5. The predicted octanol–water partition coefficient (Wildman–Crippen LogP) is 2.62. The van der Waals surface area contributed by atoms with Crippen LogP contribution in [0.5, 0.6) is 0 Å². The van der Waals surface area contributed by atoms with Gasteiger partial charge in [-0.15, -0.1) is 0 Å². The molecule has 1 aliphatic carbocycles. The molecule has 1 N–H and O–H groups in total. The zero-order valence-electron chi connectivity index (χ0n) is 12.5. The van der Waals surface area contributed by atoms with Crippen LogP contribution >= 0.6 is 11.8 Å². The van der Waals surface area contributed by atoms with Crippen LogP contribution in [0.3, 0.4) is 0 Å². The van der Waals surface area contributed by atoms with Gasteiger partial charge in [0.15, 0.2) is 10.8 Å². The van der Waals surface area contributed by atoms with Crippen LogP contribution in [0.1, 0.15) is 37.9 Å². The van der Waals surface area contributed by atoms with Crippen molar-refractivity contribution in [3.63, 3.8) is 0 Å². The highest BCUT2D eigenvalue weighted by molar-refractivity contribution is 7.99. The molecule has 1 atom stereocenters. The molecule has 0 aromatic carbocycles. The molecule has 7 heteroatoms. The van der Waals surface area contributed by atoms with Gasteiger partial charge in [-0.2, -0.15) is 5.10 Å². The Morgan fingerprint density at radius 3 is 2.86 bits per heavy atom.